The molecule has 0 saturated heterocycles. The van der Waals surface area contributed by atoms with Gasteiger partial charge in [0, 0.05) is 21.3 Å². The number of carbonyl (C=O) groups is 3. The van der Waals surface area contributed by atoms with Crippen molar-refractivity contribution in [1.82, 2.24) is 0 Å². The van der Waals surface area contributed by atoms with Gasteiger partial charge >= 0.3 is 5.97 Å². The van der Waals surface area contributed by atoms with Crippen molar-refractivity contribution in [3.8, 4) is 0 Å². The number of anilines is 2. The number of ether oxygens (including phenoxy) is 1. The number of nitrogens with one attached hydrogen (secondary N) is 2. The maximum Gasteiger partial charge on any atom is 0.338 e. The second-order valence-electron chi connectivity index (χ2n) is 7.78. The first-order chi connectivity index (χ1) is 16.9. The molecule has 0 saturated carbocycles. The van der Waals surface area contributed by atoms with Gasteiger partial charge in [-0.2, -0.15) is 0 Å². The van der Waals surface area contributed by atoms with Crippen molar-refractivity contribution >= 4 is 52.5 Å². The lowest BCUT2D eigenvalue weighted by molar-refractivity contribution is -0.115. The molecule has 6 nitrogen and oxygen atoms in total. The van der Waals surface area contributed by atoms with Gasteiger partial charge in [0.15, 0.2) is 0 Å². The van der Waals surface area contributed by atoms with Crippen molar-refractivity contribution < 1.29 is 19.1 Å². The van der Waals surface area contributed by atoms with Gasteiger partial charge in [0.25, 0.3) is 0 Å². The van der Waals surface area contributed by atoms with Crippen molar-refractivity contribution in [3.05, 3.63) is 88.9 Å². The number of amides is 2. The Labute approximate surface area is 214 Å². The first-order valence-electron chi connectivity index (χ1n) is 11.3. The molecule has 35 heavy (non-hydrogen) atoms. The molecule has 0 aliphatic heterocycles. The number of thioether (sulfide) groups is 1. The minimum atomic E-state index is -0.364. The molecule has 0 heterocycles. The van der Waals surface area contributed by atoms with E-state index >= 15 is 0 Å². The number of unbranched alkanes of at least 4 members (excludes halogenated alkanes) is 1. The highest BCUT2D eigenvalue weighted by Crippen LogP contribution is 2.21. The summed E-state index contributed by atoms with van der Waals surface area (Å²) in [5, 5.41) is 6.31. The smallest absolute Gasteiger partial charge is 0.338 e. The molecule has 3 rings (SSSR count). The van der Waals surface area contributed by atoms with Gasteiger partial charge in [-0.3, -0.25) is 9.59 Å². The first-order valence-corrected chi connectivity index (χ1v) is 12.6. The summed E-state index contributed by atoms with van der Waals surface area (Å²) in [4.78, 5) is 37.4. The standard InChI is InChI=1S/C27H27ClN2O4S/c1-2-3-16-34-27(33)20-6-10-22(11-7-20)30-26(32)18-35-24-14-12-23(13-15-24)29-25(31)17-19-4-8-21(28)9-5-19/h4-15H,2-3,16-18H2,1H3,(H,29,31)(H,30,32). The molecule has 182 valence electrons. The Balaban J connectivity index is 1.41. The molecule has 0 spiro atoms. The summed E-state index contributed by atoms with van der Waals surface area (Å²) < 4.78 is 5.18. The zero-order valence-corrected chi connectivity index (χ0v) is 21.0. The predicted molar refractivity (Wildman–Crippen MR) is 141 cm³/mol. The van der Waals surface area contributed by atoms with E-state index in [1.54, 1.807) is 48.5 Å². The summed E-state index contributed by atoms with van der Waals surface area (Å²) in [6.07, 6.45) is 2.05. The van der Waals surface area contributed by atoms with Crippen LogP contribution >= 0.6 is 23.4 Å². The molecule has 8 heteroatoms. The molecule has 0 aliphatic rings. The number of esters is 1. The van der Waals surface area contributed by atoms with Gasteiger partial charge in [-0.05, 0) is 72.6 Å². The lowest BCUT2D eigenvalue weighted by Gasteiger charge is -2.08. The van der Waals surface area contributed by atoms with Crippen LogP contribution in [0, 0.1) is 0 Å². The van der Waals surface area contributed by atoms with Crippen LogP contribution in [0.15, 0.2) is 77.7 Å². The Hall–Kier alpha value is -3.29. The van der Waals surface area contributed by atoms with Crippen LogP contribution in [-0.4, -0.2) is 30.1 Å². The molecule has 0 aromatic heterocycles. The second-order valence-corrected chi connectivity index (χ2v) is 9.26. The van der Waals surface area contributed by atoms with Crippen LogP contribution in [0.1, 0.15) is 35.7 Å². The molecule has 2 N–H and O–H groups in total. The van der Waals surface area contributed by atoms with Crippen LogP contribution < -0.4 is 10.6 Å². The van der Waals surface area contributed by atoms with E-state index in [1.807, 2.05) is 31.2 Å². The molecular formula is C27H27ClN2O4S. The highest BCUT2D eigenvalue weighted by Gasteiger charge is 2.09. The van der Waals surface area contributed by atoms with Crippen molar-refractivity contribution in [3.63, 3.8) is 0 Å². The fraction of sp³-hybridized carbons (Fsp3) is 0.222. The molecule has 3 aromatic rings. The second kappa shape index (κ2) is 13.6. The lowest BCUT2D eigenvalue weighted by Crippen LogP contribution is -2.14. The quantitative estimate of drug-likeness (QED) is 0.182. The van der Waals surface area contributed by atoms with Crippen LogP contribution in [0.2, 0.25) is 5.02 Å². The fourth-order valence-electron chi connectivity index (χ4n) is 3.06. The lowest BCUT2D eigenvalue weighted by atomic mass is 10.1. The largest absolute Gasteiger partial charge is 0.462 e. The van der Waals surface area contributed by atoms with E-state index in [0.29, 0.717) is 28.6 Å². The molecular weight excluding hydrogens is 484 g/mol. The van der Waals surface area contributed by atoms with E-state index in [9.17, 15) is 14.4 Å². The number of rotatable bonds is 11. The Bertz CT molecular complexity index is 1130. The van der Waals surface area contributed by atoms with Crippen LogP contribution in [0.25, 0.3) is 0 Å². The van der Waals surface area contributed by atoms with Gasteiger partial charge in [0.2, 0.25) is 11.8 Å². The first kappa shape index (κ1) is 26.3. The van der Waals surface area contributed by atoms with Gasteiger partial charge in [0.05, 0.1) is 24.3 Å². The van der Waals surface area contributed by atoms with Crippen molar-refractivity contribution in [2.24, 2.45) is 0 Å². The minimum Gasteiger partial charge on any atom is -0.462 e. The van der Waals surface area contributed by atoms with Gasteiger partial charge < -0.3 is 15.4 Å². The van der Waals surface area contributed by atoms with Gasteiger partial charge in [-0.15, -0.1) is 11.8 Å². The fourth-order valence-corrected chi connectivity index (χ4v) is 3.88. The number of hydrogen-bond donors (Lipinski definition) is 2. The van der Waals surface area contributed by atoms with Gasteiger partial charge in [-0.1, -0.05) is 37.1 Å². The number of halogens is 1. The number of benzene rings is 3. The highest BCUT2D eigenvalue weighted by molar-refractivity contribution is 8.00. The van der Waals surface area contributed by atoms with Crippen LogP contribution in [0.5, 0.6) is 0 Å². The predicted octanol–water partition coefficient (Wildman–Crippen LogP) is 6.21. The van der Waals surface area contributed by atoms with E-state index in [4.69, 9.17) is 16.3 Å². The maximum atomic E-state index is 12.3. The zero-order chi connectivity index (χ0) is 25.0. The normalized spacial score (nSPS) is 10.5. The third-order valence-corrected chi connectivity index (χ3v) is 6.19. The van der Waals surface area contributed by atoms with E-state index < -0.39 is 0 Å². The number of carbonyl (C=O) groups excluding carboxylic acids is 3. The summed E-state index contributed by atoms with van der Waals surface area (Å²) in [5.41, 5.74) is 2.63. The van der Waals surface area contributed by atoms with Crippen molar-refractivity contribution in [2.45, 2.75) is 31.1 Å². The third kappa shape index (κ3) is 9.11. The van der Waals surface area contributed by atoms with E-state index in [0.717, 1.165) is 23.3 Å². The van der Waals surface area contributed by atoms with E-state index in [2.05, 4.69) is 10.6 Å². The molecule has 0 unspecified atom stereocenters. The minimum absolute atomic E-state index is 0.118. The Morgan fingerprint density at radius 3 is 2.06 bits per heavy atom. The van der Waals surface area contributed by atoms with E-state index in [1.165, 1.54) is 11.8 Å². The zero-order valence-electron chi connectivity index (χ0n) is 19.4. The van der Waals surface area contributed by atoms with Gasteiger partial charge in [-0.25, -0.2) is 4.79 Å². The molecule has 3 aromatic carbocycles. The summed E-state index contributed by atoms with van der Waals surface area (Å²) >= 11 is 7.26. The Kier molecular flexibility index (Phi) is 10.2. The molecule has 0 fully saturated rings. The van der Waals surface area contributed by atoms with Gasteiger partial charge in [0.1, 0.15) is 0 Å². The summed E-state index contributed by atoms with van der Waals surface area (Å²) in [6.45, 7) is 2.44. The highest BCUT2D eigenvalue weighted by atomic mass is 35.5. The molecule has 2 amide bonds. The van der Waals surface area contributed by atoms with Crippen LogP contribution in [0.3, 0.4) is 0 Å². The van der Waals surface area contributed by atoms with E-state index in [-0.39, 0.29) is 30.0 Å². The third-order valence-electron chi connectivity index (χ3n) is 4.92. The summed E-state index contributed by atoms with van der Waals surface area (Å²) in [7, 11) is 0. The molecule has 0 atom stereocenters. The van der Waals surface area contributed by atoms with Crippen molar-refractivity contribution in [1.29, 1.82) is 0 Å². The SMILES string of the molecule is CCCCOC(=O)c1ccc(NC(=O)CSc2ccc(NC(=O)Cc3ccc(Cl)cc3)cc2)cc1. The summed E-state index contributed by atoms with van der Waals surface area (Å²) in [5.74, 6) is -0.416. The Morgan fingerprint density at radius 2 is 1.43 bits per heavy atom. The summed E-state index contributed by atoms with van der Waals surface area (Å²) in [6, 6.07) is 21.1. The average Bonchev–Trinajstić information content (AvgIpc) is 2.85. The van der Waals surface area contributed by atoms with Crippen LogP contribution in [-0.2, 0) is 20.7 Å². The maximum absolute atomic E-state index is 12.3. The topological polar surface area (TPSA) is 84.5 Å². The molecule has 0 bridgehead atoms. The van der Waals surface area contributed by atoms with Crippen molar-refractivity contribution in [2.75, 3.05) is 23.0 Å². The molecule has 0 aliphatic carbocycles. The average molecular weight is 511 g/mol. The van der Waals surface area contributed by atoms with Crippen LogP contribution in [0.4, 0.5) is 11.4 Å². The monoisotopic (exact) mass is 510 g/mol. The number of hydrogen-bond acceptors (Lipinski definition) is 5. The molecule has 0 radical (unpaired) electrons. The Morgan fingerprint density at radius 1 is 0.829 bits per heavy atom.